The van der Waals surface area contributed by atoms with Gasteiger partial charge in [0.2, 0.25) is 5.91 Å². The molecule has 0 saturated carbocycles. The first kappa shape index (κ1) is 15.0. The molecule has 104 valence electrons. The van der Waals surface area contributed by atoms with Crippen LogP contribution in [0.15, 0.2) is 18.2 Å². The van der Waals surface area contributed by atoms with Gasteiger partial charge in [-0.2, -0.15) is 0 Å². The lowest BCUT2D eigenvalue weighted by Crippen LogP contribution is -2.42. The van der Waals surface area contributed by atoms with Gasteiger partial charge < -0.3 is 16.0 Å². The Morgan fingerprint density at radius 2 is 1.74 bits per heavy atom. The highest BCUT2D eigenvalue weighted by molar-refractivity contribution is 5.95. The van der Waals surface area contributed by atoms with E-state index < -0.39 is 0 Å². The molecular weight excluding hydrogens is 242 g/mol. The van der Waals surface area contributed by atoms with Crippen molar-refractivity contribution in [2.45, 2.75) is 33.7 Å². The van der Waals surface area contributed by atoms with Crippen molar-refractivity contribution in [1.29, 1.82) is 0 Å². The molecule has 1 aromatic carbocycles. The first-order valence-electron chi connectivity index (χ1n) is 6.30. The van der Waals surface area contributed by atoms with Gasteiger partial charge in [-0.05, 0) is 38.8 Å². The molecule has 0 atom stereocenters. The van der Waals surface area contributed by atoms with Crippen molar-refractivity contribution in [3.63, 3.8) is 0 Å². The molecule has 1 aromatic rings. The first-order chi connectivity index (χ1) is 8.90. The summed E-state index contributed by atoms with van der Waals surface area (Å²) in [6, 6.07) is 5.51. The van der Waals surface area contributed by atoms with Gasteiger partial charge in [0.15, 0.2) is 0 Å². The third kappa shape index (κ3) is 4.99. The van der Waals surface area contributed by atoms with Gasteiger partial charge in [0.05, 0.1) is 6.54 Å². The van der Waals surface area contributed by atoms with Gasteiger partial charge in [-0.15, -0.1) is 0 Å². The van der Waals surface area contributed by atoms with E-state index in [1.807, 2.05) is 45.9 Å². The molecule has 0 aliphatic heterocycles. The number of amides is 3. The van der Waals surface area contributed by atoms with E-state index in [-0.39, 0.29) is 24.5 Å². The molecule has 0 heterocycles. The monoisotopic (exact) mass is 263 g/mol. The minimum Gasteiger partial charge on any atom is -0.336 e. The van der Waals surface area contributed by atoms with E-state index in [0.717, 1.165) is 16.8 Å². The highest BCUT2D eigenvalue weighted by atomic mass is 16.2. The minimum absolute atomic E-state index is 0.0432. The second-order valence-corrected chi connectivity index (χ2v) is 4.80. The standard InChI is InChI=1S/C14H21N3O2/c1-9(2)16-14(19)15-8-12(18)17-13-10(3)6-5-7-11(13)4/h5-7,9H,8H2,1-4H3,(H,17,18)(H2,15,16,19). The summed E-state index contributed by atoms with van der Waals surface area (Å²) in [4.78, 5) is 23.1. The normalized spacial score (nSPS) is 10.2. The Labute approximate surface area is 113 Å². The molecule has 5 heteroatoms. The molecule has 0 aliphatic rings. The van der Waals surface area contributed by atoms with Crippen molar-refractivity contribution in [3.8, 4) is 0 Å². The van der Waals surface area contributed by atoms with E-state index in [0.29, 0.717) is 0 Å². The predicted molar refractivity (Wildman–Crippen MR) is 76.2 cm³/mol. The molecule has 0 unspecified atom stereocenters. The molecule has 0 radical (unpaired) electrons. The largest absolute Gasteiger partial charge is 0.336 e. The number of hydrogen-bond acceptors (Lipinski definition) is 2. The smallest absolute Gasteiger partial charge is 0.315 e. The molecule has 0 fully saturated rings. The van der Waals surface area contributed by atoms with Crippen molar-refractivity contribution in [2.24, 2.45) is 0 Å². The Hall–Kier alpha value is -2.04. The average molecular weight is 263 g/mol. The maximum absolute atomic E-state index is 11.8. The fraction of sp³-hybridized carbons (Fsp3) is 0.429. The van der Waals surface area contributed by atoms with E-state index in [9.17, 15) is 9.59 Å². The van der Waals surface area contributed by atoms with Crippen LogP contribution in [0.25, 0.3) is 0 Å². The highest BCUT2D eigenvalue weighted by Gasteiger charge is 2.09. The maximum Gasteiger partial charge on any atom is 0.315 e. The van der Waals surface area contributed by atoms with Crippen LogP contribution >= 0.6 is 0 Å². The summed E-state index contributed by atoms with van der Waals surface area (Å²) in [5.74, 6) is -0.240. The lowest BCUT2D eigenvalue weighted by molar-refractivity contribution is -0.115. The van der Waals surface area contributed by atoms with E-state index >= 15 is 0 Å². The molecule has 0 aliphatic carbocycles. The second-order valence-electron chi connectivity index (χ2n) is 4.80. The van der Waals surface area contributed by atoms with Crippen LogP contribution < -0.4 is 16.0 Å². The zero-order valence-electron chi connectivity index (χ0n) is 11.8. The van der Waals surface area contributed by atoms with Crippen LogP contribution in [0.4, 0.5) is 10.5 Å². The van der Waals surface area contributed by atoms with Crippen LogP contribution in [0.3, 0.4) is 0 Å². The van der Waals surface area contributed by atoms with Crippen LogP contribution in [-0.2, 0) is 4.79 Å². The SMILES string of the molecule is Cc1cccc(C)c1NC(=O)CNC(=O)NC(C)C. The van der Waals surface area contributed by atoms with Gasteiger partial charge in [0.25, 0.3) is 0 Å². The van der Waals surface area contributed by atoms with Gasteiger partial charge >= 0.3 is 6.03 Å². The zero-order valence-corrected chi connectivity index (χ0v) is 11.8. The molecule has 0 aromatic heterocycles. The van der Waals surface area contributed by atoms with Gasteiger partial charge in [0.1, 0.15) is 0 Å². The number of rotatable bonds is 4. The molecule has 0 saturated heterocycles. The van der Waals surface area contributed by atoms with Crippen molar-refractivity contribution in [3.05, 3.63) is 29.3 Å². The molecular formula is C14H21N3O2. The van der Waals surface area contributed by atoms with Gasteiger partial charge in [0, 0.05) is 11.7 Å². The Morgan fingerprint density at radius 3 is 2.26 bits per heavy atom. The van der Waals surface area contributed by atoms with Crippen molar-refractivity contribution < 1.29 is 9.59 Å². The summed E-state index contributed by atoms with van der Waals surface area (Å²) in [5, 5.41) is 7.97. The Morgan fingerprint density at radius 1 is 1.16 bits per heavy atom. The number of carbonyl (C=O) groups excluding carboxylic acids is 2. The number of hydrogen-bond donors (Lipinski definition) is 3. The summed E-state index contributed by atoms with van der Waals surface area (Å²) >= 11 is 0. The van der Waals surface area contributed by atoms with E-state index in [1.54, 1.807) is 0 Å². The maximum atomic E-state index is 11.8. The lowest BCUT2D eigenvalue weighted by Gasteiger charge is -2.13. The van der Waals surface area contributed by atoms with Crippen molar-refractivity contribution in [2.75, 3.05) is 11.9 Å². The summed E-state index contributed by atoms with van der Waals surface area (Å²) in [5.41, 5.74) is 2.80. The fourth-order valence-corrected chi connectivity index (χ4v) is 1.67. The number of anilines is 1. The van der Waals surface area contributed by atoms with Crippen molar-refractivity contribution >= 4 is 17.6 Å². The Bertz CT molecular complexity index is 450. The Balaban J connectivity index is 2.50. The van der Waals surface area contributed by atoms with Crippen LogP contribution in [0, 0.1) is 13.8 Å². The highest BCUT2D eigenvalue weighted by Crippen LogP contribution is 2.18. The molecule has 3 N–H and O–H groups in total. The second kappa shape index (κ2) is 6.78. The number of aryl methyl sites for hydroxylation is 2. The molecule has 3 amide bonds. The quantitative estimate of drug-likeness (QED) is 0.777. The Kier molecular flexibility index (Phi) is 5.36. The summed E-state index contributed by atoms with van der Waals surface area (Å²) in [7, 11) is 0. The van der Waals surface area contributed by atoms with Crippen LogP contribution in [-0.4, -0.2) is 24.5 Å². The number of para-hydroxylation sites is 1. The van der Waals surface area contributed by atoms with E-state index in [1.165, 1.54) is 0 Å². The average Bonchev–Trinajstić information content (AvgIpc) is 2.30. The van der Waals surface area contributed by atoms with E-state index in [2.05, 4.69) is 16.0 Å². The minimum atomic E-state index is -0.341. The molecule has 0 bridgehead atoms. The van der Waals surface area contributed by atoms with Gasteiger partial charge in [-0.1, -0.05) is 18.2 Å². The fourth-order valence-electron chi connectivity index (χ4n) is 1.67. The molecule has 19 heavy (non-hydrogen) atoms. The van der Waals surface area contributed by atoms with Crippen LogP contribution in [0.1, 0.15) is 25.0 Å². The summed E-state index contributed by atoms with van der Waals surface area (Å²) < 4.78 is 0. The molecule has 0 spiro atoms. The summed E-state index contributed by atoms with van der Waals surface area (Å²) in [6.45, 7) is 7.53. The zero-order chi connectivity index (χ0) is 14.4. The van der Waals surface area contributed by atoms with E-state index in [4.69, 9.17) is 0 Å². The topological polar surface area (TPSA) is 70.2 Å². The number of urea groups is 1. The first-order valence-corrected chi connectivity index (χ1v) is 6.30. The number of nitrogens with one attached hydrogen (secondary N) is 3. The number of carbonyl (C=O) groups is 2. The predicted octanol–water partition coefficient (Wildman–Crippen LogP) is 1.95. The molecule has 5 nitrogen and oxygen atoms in total. The third-order valence-corrected chi connectivity index (χ3v) is 2.57. The van der Waals surface area contributed by atoms with Gasteiger partial charge in [-0.25, -0.2) is 4.79 Å². The van der Waals surface area contributed by atoms with Crippen molar-refractivity contribution in [1.82, 2.24) is 10.6 Å². The van der Waals surface area contributed by atoms with Gasteiger partial charge in [-0.3, -0.25) is 4.79 Å². The van der Waals surface area contributed by atoms with Crippen LogP contribution in [0.2, 0.25) is 0 Å². The number of benzene rings is 1. The lowest BCUT2D eigenvalue weighted by atomic mass is 10.1. The molecule has 1 rings (SSSR count). The third-order valence-electron chi connectivity index (χ3n) is 2.57. The summed E-state index contributed by atoms with van der Waals surface area (Å²) in [6.07, 6.45) is 0. The van der Waals surface area contributed by atoms with Crippen LogP contribution in [0.5, 0.6) is 0 Å².